The lowest BCUT2D eigenvalue weighted by Gasteiger charge is -2.10. The molecule has 0 heterocycles. The van der Waals surface area contributed by atoms with Crippen molar-refractivity contribution in [1.29, 1.82) is 0 Å². The highest BCUT2D eigenvalue weighted by molar-refractivity contribution is 5.54. The molecule has 0 spiro atoms. The minimum Gasteiger partial charge on any atom is -0.329 e. The molecule has 0 rings (SSSR count). The summed E-state index contributed by atoms with van der Waals surface area (Å²) in [6, 6.07) is 0. The molecule has 1 unspecified atom stereocenters. The van der Waals surface area contributed by atoms with Gasteiger partial charge in [0.05, 0.1) is 0 Å². The number of carbonyl (C=O) groups excluding carboxylic acids is 1. The third kappa shape index (κ3) is 2.46. The summed E-state index contributed by atoms with van der Waals surface area (Å²) in [6.07, 6.45) is -4.67. The van der Waals surface area contributed by atoms with Gasteiger partial charge in [0.25, 0.3) is 0 Å². The van der Waals surface area contributed by atoms with Crippen molar-refractivity contribution in [3.05, 3.63) is 0 Å². The molecule has 0 radical (unpaired) electrons. The zero-order valence-corrected chi connectivity index (χ0v) is 4.48. The van der Waals surface area contributed by atoms with Gasteiger partial charge in [-0.05, 0) is 0 Å². The molecule has 1 atom stereocenters. The van der Waals surface area contributed by atoms with E-state index >= 15 is 0 Å². The van der Waals surface area contributed by atoms with Crippen LogP contribution in [0.5, 0.6) is 0 Å². The minimum absolute atomic E-state index is 0.194. The van der Waals surface area contributed by atoms with E-state index in [-0.39, 0.29) is 6.29 Å². The van der Waals surface area contributed by atoms with E-state index in [4.69, 9.17) is 0 Å². The molecule has 0 aromatic heterocycles. The normalized spacial score (nSPS) is 15.1. The van der Waals surface area contributed by atoms with Crippen LogP contribution in [0, 0.1) is 5.92 Å². The van der Waals surface area contributed by atoms with Gasteiger partial charge in [0.15, 0.2) is 0 Å². The van der Waals surface area contributed by atoms with Crippen molar-refractivity contribution in [2.45, 2.75) is 6.18 Å². The summed E-state index contributed by atoms with van der Waals surface area (Å²) in [6.45, 7) is -0.674. The van der Waals surface area contributed by atoms with Crippen LogP contribution in [0.1, 0.15) is 0 Å². The Bertz CT molecular complexity index is 100. The highest BCUT2D eigenvalue weighted by Gasteiger charge is 2.38. The highest BCUT2D eigenvalue weighted by atomic mass is 19.4. The van der Waals surface area contributed by atoms with E-state index < -0.39 is 18.6 Å². The second-order valence-corrected chi connectivity index (χ2v) is 1.52. The number of hydrogen-bond donors (Lipinski definition) is 1. The van der Waals surface area contributed by atoms with Crippen molar-refractivity contribution in [2.24, 2.45) is 11.7 Å². The van der Waals surface area contributed by atoms with Crippen molar-refractivity contribution < 1.29 is 18.0 Å². The highest BCUT2D eigenvalue weighted by Crippen LogP contribution is 2.23. The lowest BCUT2D eigenvalue weighted by Crippen LogP contribution is -2.31. The van der Waals surface area contributed by atoms with Gasteiger partial charge in [-0.25, -0.2) is 0 Å². The van der Waals surface area contributed by atoms with Crippen LogP contribution in [0.25, 0.3) is 0 Å². The van der Waals surface area contributed by atoms with Crippen LogP contribution in [-0.2, 0) is 4.79 Å². The first kappa shape index (κ1) is 8.42. The standard InChI is InChI=1S/C4H6F3NO/c5-4(6,7)3(1-8)2-9/h2-3H,1,8H2. The molecule has 0 aliphatic rings. The van der Waals surface area contributed by atoms with Crippen LogP contribution in [0.4, 0.5) is 13.2 Å². The molecule has 54 valence electrons. The van der Waals surface area contributed by atoms with Gasteiger partial charge in [-0.3, -0.25) is 0 Å². The van der Waals surface area contributed by atoms with Crippen LogP contribution < -0.4 is 5.73 Å². The van der Waals surface area contributed by atoms with E-state index in [1.807, 2.05) is 0 Å². The van der Waals surface area contributed by atoms with Gasteiger partial charge >= 0.3 is 6.18 Å². The molecule has 0 fully saturated rings. The molecule has 0 aliphatic heterocycles. The van der Waals surface area contributed by atoms with Crippen LogP contribution in [0.2, 0.25) is 0 Å². The number of nitrogens with two attached hydrogens (primary N) is 1. The monoisotopic (exact) mass is 141 g/mol. The molecule has 0 aromatic carbocycles. The first-order valence-electron chi connectivity index (χ1n) is 2.24. The van der Waals surface area contributed by atoms with Crippen LogP contribution in [0.3, 0.4) is 0 Å². The van der Waals surface area contributed by atoms with Crippen LogP contribution in [-0.4, -0.2) is 19.0 Å². The third-order valence-corrected chi connectivity index (χ3v) is 0.839. The quantitative estimate of drug-likeness (QED) is 0.563. The zero-order chi connectivity index (χ0) is 7.49. The molecular formula is C4H6F3NO. The summed E-state index contributed by atoms with van der Waals surface area (Å²) >= 11 is 0. The van der Waals surface area contributed by atoms with Crippen LogP contribution in [0.15, 0.2) is 0 Å². The zero-order valence-electron chi connectivity index (χ0n) is 4.48. The van der Waals surface area contributed by atoms with Gasteiger partial charge in [-0.2, -0.15) is 13.2 Å². The van der Waals surface area contributed by atoms with Crippen molar-refractivity contribution in [3.8, 4) is 0 Å². The Balaban J connectivity index is 3.94. The fourth-order valence-electron chi connectivity index (χ4n) is 0.266. The summed E-state index contributed by atoms with van der Waals surface area (Å²) < 4.78 is 34.2. The Kier molecular flexibility index (Phi) is 2.64. The van der Waals surface area contributed by atoms with Crippen molar-refractivity contribution in [1.82, 2.24) is 0 Å². The first-order chi connectivity index (χ1) is 4.02. The number of carbonyl (C=O) groups is 1. The Morgan fingerprint density at radius 3 is 2.00 bits per heavy atom. The summed E-state index contributed by atoms with van der Waals surface area (Å²) in [5, 5.41) is 0. The van der Waals surface area contributed by atoms with E-state index in [2.05, 4.69) is 5.73 Å². The van der Waals surface area contributed by atoms with Crippen molar-refractivity contribution >= 4 is 6.29 Å². The summed E-state index contributed by atoms with van der Waals surface area (Å²) in [7, 11) is 0. The van der Waals surface area contributed by atoms with Gasteiger partial charge < -0.3 is 10.5 Å². The molecule has 9 heavy (non-hydrogen) atoms. The molecule has 0 saturated carbocycles. The lowest BCUT2D eigenvalue weighted by atomic mass is 10.2. The van der Waals surface area contributed by atoms with Crippen molar-refractivity contribution in [2.75, 3.05) is 6.54 Å². The van der Waals surface area contributed by atoms with Crippen molar-refractivity contribution in [3.63, 3.8) is 0 Å². The maximum Gasteiger partial charge on any atom is 0.399 e. The smallest absolute Gasteiger partial charge is 0.329 e. The molecular weight excluding hydrogens is 135 g/mol. The summed E-state index contributed by atoms with van der Waals surface area (Å²) in [5.74, 6) is -2.00. The van der Waals surface area contributed by atoms with E-state index in [1.165, 1.54) is 0 Å². The molecule has 5 heteroatoms. The Hall–Kier alpha value is -0.580. The number of rotatable bonds is 2. The maximum absolute atomic E-state index is 11.4. The number of alkyl halides is 3. The fourth-order valence-corrected chi connectivity index (χ4v) is 0.266. The molecule has 0 amide bonds. The molecule has 0 aromatic rings. The molecule has 2 nitrogen and oxygen atoms in total. The van der Waals surface area contributed by atoms with Gasteiger partial charge in [-0.1, -0.05) is 0 Å². The maximum atomic E-state index is 11.4. The van der Waals surface area contributed by atoms with Gasteiger partial charge in [-0.15, -0.1) is 0 Å². The average molecular weight is 141 g/mol. The second-order valence-electron chi connectivity index (χ2n) is 1.52. The molecule has 0 bridgehead atoms. The van der Waals surface area contributed by atoms with E-state index in [0.29, 0.717) is 0 Å². The Morgan fingerprint density at radius 1 is 1.56 bits per heavy atom. The number of hydrogen-bond acceptors (Lipinski definition) is 2. The van der Waals surface area contributed by atoms with Gasteiger partial charge in [0.1, 0.15) is 12.2 Å². The van der Waals surface area contributed by atoms with E-state index in [0.717, 1.165) is 0 Å². The Morgan fingerprint density at radius 2 is 2.00 bits per heavy atom. The minimum atomic E-state index is -4.48. The first-order valence-corrected chi connectivity index (χ1v) is 2.24. The third-order valence-electron chi connectivity index (χ3n) is 0.839. The Labute approximate surface area is 49.8 Å². The molecule has 0 aliphatic carbocycles. The fraction of sp³-hybridized carbons (Fsp3) is 0.750. The van der Waals surface area contributed by atoms with Gasteiger partial charge in [0.2, 0.25) is 0 Å². The summed E-state index contributed by atoms with van der Waals surface area (Å²) in [4.78, 5) is 9.58. The molecule has 0 saturated heterocycles. The topological polar surface area (TPSA) is 43.1 Å². The average Bonchev–Trinajstić information content (AvgIpc) is 1.65. The lowest BCUT2D eigenvalue weighted by molar-refractivity contribution is -0.171. The predicted octanol–water partition coefficient (Wildman–Crippen LogP) is 0.323. The SMILES string of the molecule is NCC(C=O)C(F)(F)F. The predicted molar refractivity (Wildman–Crippen MR) is 24.7 cm³/mol. The largest absolute Gasteiger partial charge is 0.399 e. The second kappa shape index (κ2) is 2.82. The number of halogens is 3. The van der Waals surface area contributed by atoms with E-state index in [9.17, 15) is 18.0 Å². The number of aldehydes is 1. The molecule has 2 N–H and O–H groups in total. The van der Waals surface area contributed by atoms with E-state index in [1.54, 1.807) is 0 Å². The summed E-state index contributed by atoms with van der Waals surface area (Å²) in [5.41, 5.74) is 4.62. The van der Waals surface area contributed by atoms with Crippen LogP contribution >= 0.6 is 0 Å². The van der Waals surface area contributed by atoms with Gasteiger partial charge in [0, 0.05) is 6.54 Å².